The van der Waals surface area contributed by atoms with Crippen molar-refractivity contribution in [1.29, 1.82) is 0 Å². The largest absolute Gasteiger partial charge is 0.478 e. The normalized spacial score (nSPS) is 20.4. The monoisotopic (exact) mass is 404 g/mol. The van der Waals surface area contributed by atoms with Crippen LogP contribution in [-0.2, 0) is 16.0 Å². The van der Waals surface area contributed by atoms with Crippen LogP contribution in [0, 0.1) is 11.3 Å². The zero-order valence-corrected chi connectivity index (χ0v) is 18.6. The predicted molar refractivity (Wildman–Crippen MR) is 123 cm³/mol. The summed E-state index contributed by atoms with van der Waals surface area (Å²) in [5.74, 6) is -0.688. The number of ketones is 1. The molecule has 1 unspecified atom stereocenters. The zero-order valence-electron chi connectivity index (χ0n) is 18.6. The molecule has 158 valence electrons. The number of carboxylic acids is 1. The van der Waals surface area contributed by atoms with E-state index in [0.29, 0.717) is 5.57 Å². The molecule has 0 heterocycles. The minimum Gasteiger partial charge on any atom is -0.478 e. The molecular weight excluding hydrogens is 372 g/mol. The third kappa shape index (κ3) is 6.55. The Bertz CT molecular complexity index is 938. The molecule has 0 saturated carbocycles. The van der Waals surface area contributed by atoms with E-state index in [0.717, 1.165) is 29.6 Å². The summed E-state index contributed by atoms with van der Waals surface area (Å²) in [4.78, 5) is 23.7. The van der Waals surface area contributed by atoms with Crippen LogP contribution < -0.4 is 0 Å². The summed E-state index contributed by atoms with van der Waals surface area (Å²) >= 11 is 0. The Balaban J connectivity index is 2.17. The lowest BCUT2D eigenvalue weighted by Crippen LogP contribution is -2.33. The van der Waals surface area contributed by atoms with Gasteiger partial charge in [-0.3, -0.25) is 4.79 Å². The first-order chi connectivity index (χ1) is 14.1. The van der Waals surface area contributed by atoms with Crippen LogP contribution in [0.3, 0.4) is 0 Å². The molecule has 1 aliphatic rings. The van der Waals surface area contributed by atoms with Gasteiger partial charge in [-0.25, -0.2) is 4.79 Å². The molecule has 30 heavy (non-hydrogen) atoms. The maximum absolute atomic E-state index is 13.0. The van der Waals surface area contributed by atoms with E-state index >= 15 is 0 Å². The standard InChI is InChI=1S/C27H32O3/c1-19(10-9-11-20(2)16-25(28)29)14-15-24-21(3)26(30)23(18-27(24,4)5)17-22-12-7-6-8-13-22/h6-16,23H,17-18H2,1-5H3,(H,28,29). The molecule has 1 aromatic rings. The van der Waals surface area contributed by atoms with E-state index < -0.39 is 5.97 Å². The Hall–Kier alpha value is -2.94. The van der Waals surface area contributed by atoms with Crippen molar-refractivity contribution < 1.29 is 14.7 Å². The van der Waals surface area contributed by atoms with Crippen LogP contribution in [0.1, 0.15) is 46.6 Å². The fourth-order valence-electron chi connectivity index (χ4n) is 4.04. The number of hydrogen-bond donors (Lipinski definition) is 1. The number of carboxylic acid groups (broad SMARTS) is 1. The van der Waals surface area contributed by atoms with Crippen LogP contribution in [0.25, 0.3) is 0 Å². The van der Waals surface area contributed by atoms with Gasteiger partial charge in [-0.05, 0) is 61.3 Å². The summed E-state index contributed by atoms with van der Waals surface area (Å²) in [6, 6.07) is 10.2. The van der Waals surface area contributed by atoms with E-state index in [1.54, 1.807) is 13.0 Å². The van der Waals surface area contributed by atoms with Gasteiger partial charge in [0.1, 0.15) is 0 Å². The van der Waals surface area contributed by atoms with Crippen LogP contribution in [-0.4, -0.2) is 16.9 Å². The van der Waals surface area contributed by atoms with Crippen molar-refractivity contribution in [2.24, 2.45) is 11.3 Å². The molecule has 0 spiro atoms. The Labute approximate surface area is 180 Å². The Morgan fingerprint density at radius 2 is 1.80 bits per heavy atom. The van der Waals surface area contributed by atoms with Crippen LogP contribution >= 0.6 is 0 Å². The van der Waals surface area contributed by atoms with Crippen molar-refractivity contribution in [2.45, 2.75) is 47.5 Å². The number of allylic oxidation sites excluding steroid dienone is 9. The maximum atomic E-state index is 13.0. The van der Waals surface area contributed by atoms with Crippen LogP contribution in [0.5, 0.6) is 0 Å². The van der Waals surface area contributed by atoms with Gasteiger partial charge in [0.2, 0.25) is 0 Å². The Kier molecular flexibility index (Phi) is 7.93. The summed E-state index contributed by atoms with van der Waals surface area (Å²) in [5.41, 5.74) is 4.78. The van der Waals surface area contributed by atoms with E-state index in [1.165, 1.54) is 11.6 Å². The van der Waals surface area contributed by atoms with E-state index in [-0.39, 0.29) is 17.1 Å². The number of rotatable bonds is 7. The first kappa shape index (κ1) is 23.3. The number of carbonyl (C=O) groups excluding carboxylic acids is 1. The van der Waals surface area contributed by atoms with Crippen molar-refractivity contribution in [3.8, 4) is 0 Å². The quantitative estimate of drug-likeness (QED) is 0.432. The lowest BCUT2D eigenvalue weighted by atomic mass is 9.66. The third-order valence-corrected chi connectivity index (χ3v) is 5.54. The molecule has 1 N–H and O–H groups in total. The predicted octanol–water partition coefficient (Wildman–Crippen LogP) is 6.25. The average Bonchev–Trinajstić information content (AvgIpc) is 2.65. The SMILES string of the molecule is CC(C=CC1=C(C)C(=O)C(Cc2ccccc2)CC1(C)C)=CC=CC(C)=CC(=O)O. The third-order valence-electron chi connectivity index (χ3n) is 5.54. The van der Waals surface area contributed by atoms with Crippen LogP contribution in [0.4, 0.5) is 0 Å². The smallest absolute Gasteiger partial charge is 0.328 e. The molecule has 3 nitrogen and oxygen atoms in total. The van der Waals surface area contributed by atoms with Crippen LogP contribution in [0.15, 0.2) is 89.1 Å². The van der Waals surface area contributed by atoms with Gasteiger partial charge in [0.05, 0.1) is 0 Å². The van der Waals surface area contributed by atoms with Gasteiger partial charge < -0.3 is 5.11 Å². The molecule has 0 aliphatic heterocycles. The highest BCUT2D eigenvalue weighted by atomic mass is 16.4. The summed E-state index contributed by atoms with van der Waals surface area (Å²) in [6.07, 6.45) is 12.4. The highest BCUT2D eigenvalue weighted by molar-refractivity contribution is 5.99. The summed E-state index contributed by atoms with van der Waals surface area (Å²) in [6.45, 7) is 10.1. The minimum atomic E-state index is -0.949. The highest BCUT2D eigenvalue weighted by Gasteiger charge is 2.37. The second-order valence-corrected chi connectivity index (χ2v) is 8.71. The number of benzene rings is 1. The van der Waals surface area contributed by atoms with Gasteiger partial charge in [0.15, 0.2) is 5.78 Å². The van der Waals surface area contributed by atoms with Crippen molar-refractivity contribution in [1.82, 2.24) is 0 Å². The van der Waals surface area contributed by atoms with Gasteiger partial charge in [-0.2, -0.15) is 0 Å². The maximum Gasteiger partial charge on any atom is 0.328 e. The Morgan fingerprint density at radius 3 is 2.43 bits per heavy atom. The number of aliphatic carboxylic acids is 1. The highest BCUT2D eigenvalue weighted by Crippen LogP contribution is 2.43. The molecule has 0 fully saturated rings. The summed E-state index contributed by atoms with van der Waals surface area (Å²) in [7, 11) is 0. The first-order valence-corrected chi connectivity index (χ1v) is 10.3. The minimum absolute atomic E-state index is 0.0168. The first-order valence-electron chi connectivity index (χ1n) is 10.3. The van der Waals surface area contributed by atoms with Gasteiger partial charge in [-0.1, -0.05) is 80.1 Å². The second kappa shape index (κ2) is 10.2. The number of carbonyl (C=O) groups is 2. The van der Waals surface area contributed by atoms with Crippen molar-refractivity contribution in [3.05, 3.63) is 94.6 Å². The van der Waals surface area contributed by atoms with E-state index in [4.69, 9.17) is 5.11 Å². The average molecular weight is 405 g/mol. The molecule has 0 radical (unpaired) electrons. The molecule has 0 amide bonds. The van der Waals surface area contributed by atoms with Gasteiger partial charge in [-0.15, -0.1) is 0 Å². The fraction of sp³-hybridized carbons (Fsp3) is 0.333. The Morgan fingerprint density at radius 1 is 1.13 bits per heavy atom. The molecule has 1 aliphatic carbocycles. The molecule has 0 aromatic heterocycles. The molecule has 1 atom stereocenters. The lowest BCUT2D eigenvalue weighted by molar-refractivity contribution is -0.131. The summed E-state index contributed by atoms with van der Waals surface area (Å²) in [5, 5.41) is 8.75. The molecular formula is C27H32O3. The fourth-order valence-corrected chi connectivity index (χ4v) is 4.04. The second-order valence-electron chi connectivity index (χ2n) is 8.71. The molecule has 0 bridgehead atoms. The van der Waals surface area contributed by atoms with Crippen LogP contribution in [0.2, 0.25) is 0 Å². The zero-order chi connectivity index (χ0) is 22.3. The molecule has 3 heteroatoms. The van der Waals surface area contributed by atoms with Crippen molar-refractivity contribution in [2.75, 3.05) is 0 Å². The topological polar surface area (TPSA) is 54.4 Å². The van der Waals surface area contributed by atoms with Gasteiger partial charge in [0.25, 0.3) is 0 Å². The van der Waals surface area contributed by atoms with Crippen molar-refractivity contribution >= 4 is 11.8 Å². The summed E-state index contributed by atoms with van der Waals surface area (Å²) < 4.78 is 0. The van der Waals surface area contributed by atoms with E-state index in [2.05, 4.69) is 32.1 Å². The van der Waals surface area contributed by atoms with Gasteiger partial charge in [0, 0.05) is 12.0 Å². The molecule has 0 saturated heterocycles. The molecule has 2 rings (SSSR count). The molecule has 1 aromatic carbocycles. The number of Topliss-reactive ketones (excluding diaryl/α,β-unsaturated/α-hetero) is 1. The van der Waals surface area contributed by atoms with Gasteiger partial charge >= 0.3 is 5.97 Å². The van der Waals surface area contributed by atoms with E-state index in [1.807, 2.05) is 50.3 Å². The number of hydrogen-bond acceptors (Lipinski definition) is 2. The van der Waals surface area contributed by atoms with Crippen molar-refractivity contribution in [3.63, 3.8) is 0 Å². The van der Waals surface area contributed by atoms with E-state index in [9.17, 15) is 9.59 Å². The lowest BCUT2D eigenvalue weighted by Gasteiger charge is -2.37.